The van der Waals surface area contributed by atoms with E-state index in [0.29, 0.717) is 18.0 Å². The van der Waals surface area contributed by atoms with Gasteiger partial charge in [0.2, 0.25) is 0 Å². The van der Waals surface area contributed by atoms with Gasteiger partial charge in [0.1, 0.15) is 0 Å². The molecular weight excluding hydrogens is 256 g/mol. The zero-order chi connectivity index (χ0) is 14.7. The number of rotatable bonds is 4. The van der Waals surface area contributed by atoms with Gasteiger partial charge in [-0.2, -0.15) is 0 Å². The topological polar surface area (TPSA) is 59.3 Å². The van der Waals surface area contributed by atoms with E-state index in [1.54, 1.807) is 13.2 Å². The lowest BCUT2D eigenvalue weighted by molar-refractivity contribution is 0.216. The van der Waals surface area contributed by atoms with Crippen molar-refractivity contribution < 1.29 is 0 Å². The van der Waals surface area contributed by atoms with Gasteiger partial charge in [-0.25, -0.2) is 4.79 Å². The van der Waals surface area contributed by atoms with Crippen molar-refractivity contribution in [2.45, 2.75) is 19.4 Å². The second-order valence-electron chi connectivity index (χ2n) is 5.79. The zero-order valence-corrected chi connectivity index (χ0v) is 12.6. The zero-order valence-electron chi connectivity index (χ0n) is 12.6. The van der Waals surface area contributed by atoms with Crippen LogP contribution in [0, 0.1) is 5.92 Å². The van der Waals surface area contributed by atoms with E-state index < -0.39 is 0 Å². The van der Waals surface area contributed by atoms with Crippen molar-refractivity contribution in [3.05, 3.63) is 32.6 Å². The molecule has 0 amide bonds. The Morgan fingerprint density at radius 1 is 1.20 bits per heavy atom. The number of hydrogen-bond acceptors (Lipinski definition) is 4. The van der Waals surface area contributed by atoms with E-state index in [0.717, 1.165) is 24.2 Å². The fraction of sp³-hybridized carbons (Fsp3) is 0.714. The van der Waals surface area contributed by atoms with Gasteiger partial charge in [-0.1, -0.05) is 0 Å². The number of hydrogen-bond donors (Lipinski definition) is 1. The molecule has 1 aliphatic heterocycles. The first kappa shape index (κ1) is 15.0. The molecule has 2 rings (SSSR count). The highest BCUT2D eigenvalue weighted by molar-refractivity contribution is 5.05. The van der Waals surface area contributed by atoms with Crippen LogP contribution in [-0.4, -0.2) is 40.7 Å². The minimum Gasteiger partial charge on any atom is -0.312 e. The average molecular weight is 280 g/mol. The summed E-state index contributed by atoms with van der Waals surface area (Å²) in [5.41, 5.74) is 0.153. The molecule has 0 aliphatic carbocycles. The molecule has 0 aromatic carbocycles. The van der Waals surface area contributed by atoms with E-state index in [2.05, 4.69) is 17.3 Å². The second kappa shape index (κ2) is 6.37. The van der Waals surface area contributed by atoms with E-state index in [1.807, 2.05) is 0 Å². The number of likely N-dealkylation sites (tertiary alicyclic amines) is 1. The van der Waals surface area contributed by atoms with Gasteiger partial charge in [-0.05, 0) is 45.4 Å². The summed E-state index contributed by atoms with van der Waals surface area (Å²) in [6.07, 6.45) is 4.04. The van der Waals surface area contributed by atoms with Crippen molar-refractivity contribution in [1.82, 2.24) is 19.4 Å². The molecule has 0 atom stereocenters. The molecule has 2 heterocycles. The van der Waals surface area contributed by atoms with E-state index in [1.165, 1.54) is 24.5 Å². The lowest BCUT2D eigenvalue weighted by Crippen LogP contribution is -2.40. The summed E-state index contributed by atoms with van der Waals surface area (Å²) in [6.45, 7) is 3.74. The molecule has 0 saturated carbocycles. The van der Waals surface area contributed by atoms with Gasteiger partial charge < -0.3 is 14.8 Å². The van der Waals surface area contributed by atoms with Crippen LogP contribution in [0.25, 0.3) is 0 Å². The fourth-order valence-corrected chi connectivity index (χ4v) is 2.68. The predicted molar refractivity (Wildman–Crippen MR) is 78.9 cm³/mol. The van der Waals surface area contributed by atoms with Crippen LogP contribution in [0.3, 0.4) is 0 Å². The van der Waals surface area contributed by atoms with Crippen molar-refractivity contribution in [3.8, 4) is 0 Å². The lowest BCUT2D eigenvalue weighted by Gasteiger charge is -2.29. The maximum absolute atomic E-state index is 12.0. The van der Waals surface area contributed by atoms with Gasteiger partial charge in [0.05, 0.1) is 0 Å². The molecule has 6 heteroatoms. The first-order valence-corrected chi connectivity index (χ1v) is 7.14. The summed E-state index contributed by atoms with van der Waals surface area (Å²) in [5.74, 6) is 0.683. The molecule has 6 nitrogen and oxygen atoms in total. The molecule has 1 saturated heterocycles. The van der Waals surface area contributed by atoms with Crippen LogP contribution in [-0.2, 0) is 20.6 Å². The molecule has 20 heavy (non-hydrogen) atoms. The standard InChI is InChI=1S/C14H24N4O2/c1-16-6-4-11(5-7-16)8-15-9-12-10-17(2)14(20)18(3)13(12)19/h10-11,15H,4-9H2,1-3H3. The molecular formula is C14H24N4O2. The number of piperidine rings is 1. The summed E-state index contributed by atoms with van der Waals surface area (Å²) in [6, 6.07) is 0. The first-order chi connectivity index (χ1) is 9.49. The van der Waals surface area contributed by atoms with Gasteiger partial charge in [0.15, 0.2) is 0 Å². The quantitative estimate of drug-likeness (QED) is 0.809. The Balaban J connectivity index is 1.92. The number of nitrogens with zero attached hydrogens (tertiary/aromatic N) is 3. The molecule has 1 aromatic heterocycles. The number of aromatic nitrogens is 2. The monoisotopic (exact) mass is 280 g/mol. The Hall–Kier alpha value is -1.40. The number of nitrogens with one attached hydrogen (secondary N) is 1. The highest BCUT2D eigenvalue weighted by atomic mass is 16.2. The molecule has 112 valence electrons. The molecule has 1 aliphatic rings. The maximum atomic E-state index is 12.0. The molecule has 0 radical (unpaired) electrons. The van der Waals surface area contributed by atoms with Crippen molar-refractivity contribution >= 4 is 0 Å². The van der Waals surface area contributed by atoms with Crippen LogP contribution in [0.15, 0.2) is 15.8 Å². The van der Waals surface area contributed by atoms with Crippen molar-refractivity contribution in [1.29, 1.82) is 0 Å². The third-order valence-corrected chi connectivity index (χ3v) is 4.10. The Morgan fingerprint density at radius 3 is 2.50 bits per heavy atom. The van der Waals surface area contributed by atoms with E-state index in [9.17, 15) is 9.59 Å². The Kier molecular flexibility index (Phi) is 4.77. The van der Waals surface area contributed by atoms with Crippen molar-refractivity contribution in [2.24, 2.45) is 20.0 Å². The van der Waals surface area contributed by atoms with Crippen LogP contribution in [0.1, 0.15) is 18.4 Å². The minimum atomic E-state index is -0.283. The minimum absolute atomic E-state index is 0.205. The largest absolute Gasteiger partial charge is 0.330 e. The third kappa shape index (κ3) is 3.37. The van der Waals surface area contributed by atoms with Crippen LogP contribution >= 0.6 is 0 Å². The maximum Gasteiger partial charge on any atom is 0.330 e. The molecule has 1 N–H and O–H groups in total. The molecule has 0 unspecified atom stereocenters. The predicted octanol–water partition coefficient (Wildman–Crippen LogP) is -0.485. The molecule has 0 bridgehead atoms. The van der Waals surface area contributed by atoms with E-state index in [-0.39, 0.29) is 11.2 Å². The smallest absolute Gasteiger partial charge is 0.312 e. The lowest BCUT2D eigenvalue weighted by atomic mass is 9.97. The second-order valence-corrected chi connectivity index (χ2v) is 5.79. The highest BCUT2D eigenvalue weighted by Gasteiger charge is 2.16. The Labute approximate surface area is 119 Å². The molecule has 0 spiro atoms. The van der Waals surface area contributed by atoms with Crippen LogP contribution in [0.5, 0.6) is 0 Å². The molecule has 1 fully saturated rings. The number of aryl methyl sites for hydroxylation is 1. The third-order valence-electron chi connectivity index (χ3n) is 4.10. The van der Waals surface area contributed by atoms with Gasteiger partial charge >= 0.3 is 5.69 Å². The summed E-state index contributed by atoms with van der Waals surface area (Å²) < 4.78 is 2.61. The van der Waals surface area contributed by atoms with Gasteiger partial charge in [0.25, 0.3) is 5.56 Å². The van der Waals surface area contributed by atoms with Crippen LogP contribution < -0.4 is 16.6 Å². The Morgan fingerprint density at radius 2 is 1.85 bits per heavy atom. The Bertz CT molecular complexity index is 568. The summed E-state index contributed by atoms with van der Waals surface area (Å²) in [7, 11) is 5.34. The first-order valence-electron chi connectivity index (χ1n) is 7.14. The molecule has 1 aromatic rings. The normalized spacial score (nSPS) is 17.6. The van der Waals surface area contributed by atoms with Gasteiger partial charge in [-0.15, -0.1) is 0 Å². The van der Waals surface area contributed by atoms with Gasteiger partial charge in [0, 0.05) is 32.4 Å². The van der Waals surface area contributed by atoms with Crippen molar-refractivity contribution in [2.75, 3.05) is 26.7 Å². The average Bonchev–Trinajstić information content (AvgIpc) is 2.44. The van der Waals surface area contributed by atoms with Crippen molar-refractivity contribution in [3.63, 3.8) is 0 Å². The van der Waals surface area contributed by atoms with Crippen LogP contribution in [0.2, 0.25) is 0 Å². The van der Waals surface area contributed by atoms with E-state index in [4.69, 9.17) is 0 Å². The highest BCUT2D eigenvalue weighted by Crippen LogP contribution is 2.14. The summed E-state index contributed by atoms with van der Waals surface area (Å²) in [4.78, 5) is 25.9. The van der Waals surface area contributed by atoms with Gasteiger partial charge in [-0.3, -0.25) is 9.36 Å². The fourth-order valence-electron chi connectivity index (χ4n) is 2.68. The SMILES string of the molecule is CN1CCC(CNCc2cn(C)c(=O)n(C)c2=O)CC1. The van der Waals surface area contributed by atoms with Crippen LogP contribution in [0.4, 0.5) is 0 Å². The van der Waals surface area contributed by atoms with E-state index >= 15 is 0 Å². The summed E-state index contributed by atoms with van der Waals surface area (Å²) in [5, 5.41) is 3.35. The summed E-state index contributed by atoms with van der Waals surface area (Å²) >= 11 is 0.